The fourth-order valence-electron chi connectivity index (χ4n) is 2.72. The molecule has 122 valence electrons. The van der Waals surface area contributed by atoms with Gasteiger partial charge in [0, 0.05) is 16.8 Å². The van der Waals surface area contributed by atoms with E-state index in [1.165, 1.54) is 11.1 Å². The summed E-state index contributed by atoms with van der Waals surface area (Å²) in [5, 5.41) is 0. The van der Waals surface area contributed by atoms with Crippen molar-refractivity contribution in [1.29, 1.82) is 0 Å². The van der Waals surface area contributed by atoms with Crippen molar-refractivity contribution in [2.45, 2.75) is 13.3 Å². The van der Waals surface area contributed by atoms with Gasteiger partial charge in [-0.2, -0.15) is 0 Å². The molecule has 0 radical (unpaired) electrons. The van der Waals surface area contributed by atoms with E-state index in [-0.39, 0.29) is 0 Å². The predicted octanol–water partition coefficient (Wildman–Crippen LogP) is 5.34. The molecule has 0 atom stereocenters. The van der Waals surface area contributed by atoms with Crippen LogP contribution in [-0.2, 0) is 6.42 Å². The first-order valence-electron chi connectivity index (χ1n) is 8.39. The molecule has 2 N–H and O–H groups in total. The first kappa shape index (κ1) is 16.6. The van der Waals surface area contributed by atoms with Gasteiger partial charge in [0.2, 0.25) is 0 Å². The van der Waals surface area contributed by atoms with Crippen molar-refractivity contribution in [2.24, 2.45) is 0 Å². The molecule has 0 aliphatic carbocycles. The number of nitrogens with two attached hydrogens (primary N) is 1. The summed E-state index contributed by atoms with van der Waals surface area (Å²) in [5.74, 6) is 6.65. The van der Waals surface area contributed by atoms with Crippen molar-refractivity contribution in [3.63, 3.8) is 0 Å². The second kappa shape index (κ2) is 8.04. The van der Waals surface area contributed by atoms with Gasteiger partial charge < -0.3 is 5.73 Å². The lowest BCUT2D eigenvalue weighted by molar-refractivity contribution is 1.15. The molecule has 1 heteroatoms. The van der Waals surface area contributed by atoms with Gasteiger partial charge in [-0.1, -0.05) is 78.1 Å². The highest BCUT2D eigenvalue weighted by atomic mass is 14.5. The van der Waals surface area contributed by atoms with Gasteiger partial charge in [0.05, 0.1) is 0 Å². The van der Waals surface area contributed by atoms with Crippen molar-refractivity contribution in [2.75, 3.05) is 5.73 Å². The minimum Gasteiger partial charge on any atom is -0.399 e. The van der Waals surface area contributed by atoms with Crippen LogP contribution in [0, 0.1) is 11.8 Å². The van der Waals surface area contributed by atoms with Gasteiger partial charge in [-0.3, -0.25) is 0 Å². The van der Waals surface area contributed by atoms with Crippen LogP contribution in [0.25, 0.3) is 5.57 Å². The third-order valence-electron chi connectivity index (χ3n) is 4.04. The van der Waals surface area contributed by atoms with Crippen LogP contribution in [0.4, 0.5) is 5.69 Å². The molecule has 3 aromatic rings. The third kappa shape index (κ3) is 4.62. The van der Waals surface area contributed by atoms with Crippen LogP contribution in [0.3, 0.4) is 0 Å². The Labute approximate surface area is 149 Å². The van der Waals surface area contributed by atoms with Crippen molar-refractivity contribution >= 4 is 11.3 Å². The first-order valence-corrected chi connectivity index (χ1v) is 8.39. The van der Waals surface area contributed by atoms with Gasteiger partial charge in [-0.05, 0) is 48.7 Å². The molecule has 0 fully saturated rings. The van der Waals surface area contributed by atoms with Gasteiger partial charge in [0.25, 0.3) is 0 Å². The number of nitrogen functional groups attached to an aromatic ring is 1. The molecule has 0 bridgehead atoms. The summed E-state index contributed by atoms with van der Waals surface area (Å²) in [6.07, 6.45) is 0.890. The first-order chi connectivity index (χ1) is 12.2. The Kier molecular flexibility index (Phi) is 5.34. The molecule has 0 aliphatic heterocycles. The largest absolute Gasteiger partial charge is 0.399 e. The molecule has 3 aromatic carbocycles. The summed E-state index contributed by atoms with van der Waals surface area (Å²) < 4.78 is 0. The molecule has 0 aromatic heterocycles. The molecular formula is C24H21N. The van der Waals surface area contributed by atoms with Crippen LogP contribution >= 0.6 is 0 Å². The molecule has 0 heterocycles. The highest BCUT2D eigenvalue weighted by Crippen LogP contribution is 2.21. The zero-order chi connectivity index (χ0) is 17.5. The molecule has 0 amide bonds. The lowest BCUT2D eigenvalue weighted by Crippen LogP contribution is -1.92. The second-order valence-electron chi connectivity index (χ2n) is 6.06. The summed E-state index contributed by atoms with van der Waals surface area (Å²) in [5.41, 5.74) is 12.3. The Bertz CT molecular complexity index is 909. The van der Waals surface area contributed by atoms with Gasteiger partial charge in [-0.15, -0.1) is 0 Å². The van der Waals surface area contributed by atoms with E-state index in [1.807, 2.05) is 36.4 Å². The molecule has 0 saturated heterocycles. The van der Waals surface area contributed by atoms with E-state index in [0.717, 1.165) is 28.8 Å². The average molecular weight is 323 g/mol. The van der Waals surface area contributed by atoms with E-state index < -0.39 is 0 Å². The topological polar surface area (TPSA) is 26.0 Å². The minimum atomic E-state index is 0.754. The van der Waals surface area contributed by atoms with E-state index in [1.54, 1.807) is 0 Å². The fraction of sp³-hybridized carbons (Fsp3) is 0.0833. The van der Waals surface area contributed by atoms with Crippen molar-refractivity contribution in [3.05, 3.63) is 107 Å². The quantitative estimate of drug-likeness (QED) is 0.511. The lowest BCUT2D eigenvalue weighted by atomic mass is 9.96. The number of rotatable bonds is 3. The number of hydrogen-bond donors (Lipinski definition) is 1. The molecule has 1 nitrogen and oxygen atoms in total. The van der Waals surface area contributed by atoms with E-state index in [2.05, 4.69) is 67.3 Å². The average Bonchev–Trinajstić information content (AvgIpc) is 2.65. The standard InChI is InChI=1S/C24H21N/c1-19(18-21-8-4-2-5-9-21)24(22-10-6-3-7-11-22)17-14-20-12-15-23(25)16-13-20/h2-13,15-16H,18,25H2,1H3/b24-19-. The number of anilines is 1. The van der Waals surface area contributed by atoms with Crippen LogP contribution in [-0.4, -0.2) is 0 Å². The second-order valence-corrected chi connectivity index (χ2v) is 6.06. The molecular weight excluding hydrogens is 302 g/mol. The van der Waals surface area contributed by atoms with Crippen molar-refractivity contribution in [3.8, 4) is 11.8 Å². The highest BCUT2D eigenvalue weighted by Gasteiger charge is 2.04. The number of benzene rings is 3. The monoisotopic (exact) mass is 323 g/mol. The van der Waals surface area contributed by atoms with E-state index in [9.17, 15) is 0 Å². The summed E-state index contributed by atoms with van der Waals surface area (Å²) in [6.45, 7) is 2.16. The van der Waals surface area contributed by atoms with E-state index >= 15 is 0 Å². The van der Waals surface area contributed by atoms with Crippen LogP contribution in [0.2, 0.25) is 0 Å². The normalized spacial score (nSPS) is 11.2. The van der Waals surface area contributed by atoms with Crippen LogP contribution in [0.15, 0.2) is 90.5 Å². The predicted molar refractivity (Wildman–Crippen MR) is 107 cm³/mol. The Morgan fingerprint density at radius 2 is 1.40 bits per heavy atom. The molecule has 0 saturated carbocycles. The minimum absolute atomic E-state index is 0.754. The van der Waals surface area contributed by atoms with Crippen molar-refractivity contribution in [1.82, 2.24) is 0 Å². The molecule has 25 heavy (non-hydrogen) atoms. The van der Waals surface area contributed by atoms with Crippen LogP contribution < -0.4 is 5.73 Å². The van der Waals surface area contributed by atoms with Gasteiger partial charge in [0.15, 0.2) is 0 Å². The maximum Gasteiger partial charge on any atom is 0.0314 e. The Hall–Kier alpha value is -3.24. The smallest absolute Gasteiger partial charge is 0.0314 e. The molecule has 0 aliphatic rings. The lowest BCUT2D eigenvalue weighted by Gasteiger charge is -2.08. The van der Waals surface area contributed by atoms with Gasteiger partial charge >= 0.3 is 0 Å². The van der Waals surface area contributed by atoms with Gasteiger partial charge in [0.1, 0.15) is 0 Å². The Balaban J connectivity index is 1.98. The zero-order valence-electron chi connectivity index (χ0n) is 14.4. The highest BCUT2D eigenvalue weighted by molar-refractivity contribution is 5.82. The summed E-state index contributed by atoms with van der Waals surface area (Å²) in [4.78, 5) is 0. The summed E-state index contributed by atoms with van der Waals surface area (Å²) in [6, 6.07) is 28.5. The van der Waals surface area contributed by atoms with Crippen molar-refractivity contribution < 1.29 is 0 Å². The molecule has 0 unspecified atom stereocenters. The number of hydrogen-bond acceptors (Lipinski definition) is 1. The Morgan fingerprint density at radius 3 is 2.04 bits per heavy atom. The third-order valence-corrected chi connectivity index (χ3v) is 4.04. The maximum atomic E-state index is 5.75. The maximum absolute atomic E-state index is 5.75. The van der Waals surface area contributed by atoms with E-state index in [4.69, 9.17) is 5.73 Å². The van der Waals surface area contributed by atoms with Gasteiger partial charge in [-0.25, -0.2) is 0 Å². The molecule has 3 rings (SSSR count). The SMILES string of the molecule is C/C(Cc1ccccc1)=C(\C#Cc1ccc(N)cc1)c1ccccc1. The summed E-state index contributed by atoms with van der Waals surface area (Å²) in [7, 11) is 0. The zero-order valence-corrected chi connectivity index (χ0v) is 14.4. The Morgan fingerprint density at radius 1 is 0.800 bits per heavy atom. The van der Waals surface area contributed by atoms with Crippen LogP contribution in [0.1, 0.15) is 23.6 Å². The molecule has 0 spiro atoms. The summed E-state index contributed by atoms with van der Waals surface area (Å²) >= 11 is 0. The fourth-order valence-corrected chi connectivity index (χ4v) is 2.72. The van der Waals surface area contributed by atoms with E-state index in [0.29, 0.717) is 0 Å². The van der Waals surface area contributed by atoms with Crippen LogP contribution in [0.5, 0.6) is 0 Å². The number of allylic oxidation sites excluding steroid dienone is 2.